The number of allylic oxidation sites excluding steroid dienone is 1. The van der Waals surface area contributed by atoms with Crippen LogP contribution in [0.3, 0.4) is 0 Å². The van der Waals surface area contributed by atoms with Crippen molar-refractivity contribution in [3.8, 4) is 6.07 Å². The minimum atomic E-state index is 0.00522. The minimum absolute atomic E-state index is 0.00522. The van der Waals surface area contributed by atoms with Crippen LogP contribution in [0.5, 0.6) is 0 Å². The van der Waals surface area contributed by atoms with Gasteiger partial charge >= 0.3 is 0 Å². The maximum Gasteiger partial charge on any atom is 0.225 e. The van der Waals surface area contributed by atoms with Crippen LogP contribution in [0.15, 0.2) is 27.9 Å². The molecule has 3 N–H and O–H groups in total. The number of nitrogens with one attached hydrogen (secondary N) is 1. The van der Waals surface area contributed by atoms with Crippen molar-refractivity contribution < 1.29 is 4.79 Å². The number of aromatic nitrogens is 1. The first kappa shape index (κ1) is 17.5. The van der Waals surface area contributed by atoms with Crippen LogP contribution in [-0.4, -0.2) is 46.9 Å². The first-order valence-corrected chi connectivity index (χ1v) is 9.27. The van der Waals surface area contributed by atoms with Gasteiger partial charge in [-0.25, -0.2) is 10.8 Å². The number of carbonyl (C=O) groups excluding carboxylic acids is 1. The zero-order valence-electron chi connectivity index (χ0n) is 15.1. The fourth-order valence-corrected chi connectivity index (χ4v) is 4.26. The van der Waals surface area contributed by atoms with Gasteiger partial charge in [-0.3, -0.25) is 14.8 Å². The zero-order chi connectivity index (χ0) is 19.0. The van der Waals surface area contributed by atoms with Crippen molar-refractivity contribution in [1.82, 2.24) is 14.9 Å². The molecule has 0 radical (unpaired) electrons. The lowest BCUT2D eigenvalue weighted by atomic mass is 9.78. The number of likely N-dealkylation sites (tertiary alicyclic amines) is 1. The highest BCUT2D eigenvalue weighted by Crippen LogP contribution is 2.41. The molecule has 3 aliphatic rings. The molecule has 2 aliphatic heterocycles. The molecule has 1 amide bonds. The fourth-order valence-electron chi connectivity index (χ4n) is 4.26. The molecule has 0 spiro atoms. The van der Waals surface area contributed by atoms with Crippen LogP contribution in [0.2, 0.25) is 0 Å². The van der Waals surface area contributed by atoms with Gasteiger partial charge in [-0.05, 0) is 38.5 Å². The molecule has 3 heterocycles. The van der Waals surface area contributed by atoms with E-state index in [4.69, 9.17) is 11.1 Å². The molecule has 1 aromatic rings. The molecule has 1 saturated carbocycles. The maximum atomic E-state index is 12.6. The number of aliphatic imine (C=N–C) groups is 2. The average molecular weight is 365 g/mol. The lowest BCUT2D eigenvalue weighted by molar-refractivity contribution is -0.142. The third-order valence-corrected chi connectivity index (χ3v) is 5.80. The molecule has 0 aromatic carbocycles. The molecule has 27 heavy (non-hydrogen) atoms. The van der Waals surface area contributed by atoms with Crippen LogP contribution in [0.1, 0.15) is 31.2 Å². The van der Waals surface area contributed by atoms with Crippen LogP contribution >= 0.6 is 0 Å². The standard InChI is InChI=1S/C19H23N7O/c1-22-16(17-15-6-7-23-18(15)24-11-26(17)21)13-2-4-14(5-3-13)19(27)25-9-12(8-20)10-25/h6-7,11-14,23H,1-5,9-10,21H2/b17-16-/t13-,14-. The summed E-state index contributed by atoms with van der Waals surface area (Å²) in [7, 11) is 0. The molecule has 140 valence electrons. The zero-order valence-corrected chi connectivity index (χ0v) is 15.1. The third kappa shape index (κ3) is 3.04. The second kappa shape index (κ2) is 7.00. The predicted octanol–water partition coefficient (Wildman–Crippen LogP) is 2.02. The summed E-state index contributed by atoms with van der Waals surface area (Å²) in [4.78, 5) is 26.1. The van der Waals surface area contributed by atoms with E-state index in [-0.39, 0.29) is 23.7 Å². The van der Waals surface area contributed by atoms with Crippen molar-refractivity contribution in [3.63, 3.8) is 0 Å². The number of fused-ring (bicyclic) bond motifs is 1. The number of aromatic amines is 1. The molecule has 1 aliphatic carbocycles. The Bertz CT molecular complexity index is 848. The Balaban J connectivity index is 1.47. The molecule has 0 unspecified atom stereocenters. The van der Waals surface area contributed by atoms with E-state index in [1.54, 1.807) is 6.34 Å². The summed E-state index contributed by atoms with van der Waals surface area (Å²) in [6.07, 6.45) is 6.79. The van der Waals surface area contributed by atoms with Gasteiger partial charge in [0.2, 0.25) is 5.91 Å². The molecule has 2 fully saturated rings. The van der Waals surface area contributed by atoms with Gasteiger partial charge in [0, 0.05) is 36.7 Å². The van der Waals surface area contributed by atoms with E-state index in [0.717, 1.165) is 48.5 Å². The van der Waals surface area contributed by atoms with Crippen LogP contribution in [-0.2, 0) is 4.79 Å². The first-order valence-electron chi connectivity index (χ1n) is 9.27. The Morgan fingerprint density at radius 3 is 2.70 bits per heavy atom. The number of carbonyl (C=O) groups is 1. The highest BCUT2D eigenvalue weighted by atomic mass is 16.2. The van der Waals surface area contributed by atoms with Gasteiger partial charge in [-0.2, -0.15) is 5.26 Å². The van der Waals surface area contributed by atoms with Crippen molar-refractivity contribution in [2.45, 2.75) is 25.7 Å². The molecule has 0 atom stereocenters. The third-order valence-electron chi connectivity index (χ3n) is 5.80. The molecule has 4 rings (SSSR count). The number of amides is 1. The van der Waals surface area contributed by atoms with E-state index >= 15 is 0 Å². The Morgan fingerprint density at radius 2 is 2.04 bits per heavy atom. The van der Waals surface area contributed by atoms with E-state index in [0.29, 0.717) is 13.1 Å². The summed E-state index contributed by atoms with van der Waals surface area (Å²) in [5, 5.41) is 10.4. The van der Waals surface area contributed by atoms with Gasteiger partial charge < -0.3 is 9.88 Å². The van der Waals surface area contributed by atoms with Gasteiger partial charge in [0.15, 0.2) is 0 Å². The molecular weight excluding hydrogens is 342 g/mol. The smallest absolute Gasteiger partial charge is 0.225 e. The Morgan fingerprint density at radius 1 is 1.33 bits per heavy atom. The number of nitrogens with two attached hydrogens (primary N) is 1. The normalized spacial score (nSPS) is 26.8. The number of H-pyrrole nitrogens is 1. The van der Waals surface area contributed by atoms with E-state index in [1.807, 2.05) is 17.2 Å². The summed E-state index contributed by atoms with van der Waals surface area (Å²) in [5.74, 6) is 7.36. The molecule has 1 saturated heterocycles. The summed E-state index contributed by atoms with van der Waals surface area (Å²) in [6, 6.07) is 4.16. The monoisotopic (exact) mass is 365 g/mol. The first-order chi connectivity index (χ1) is 13.1. The number of nitrogens with zero attached hydrogens (tertiary/aromatic N) is 5. The minimum Gasteiger partial charge on any atom is -0.346 e. The SMILES string of the molecule is C=N/C(=C1/c2cc[nH]c2N=CN1N)[C@H]1CC[C@H](C(=O)N2CC(C#N)C2)CC1. The van der Waals surface area contributed by atoms with E-state index in [2.05, 4.69) is 27.8 Å². The molecule has 8 nitrogen and oxygen atoms in total. The van der Waals surface area contributed by atoms with Crippen molar-refractivity contribution in [3.05, 3.63) is 23.5 Å². The average Bonchev–Trinajstić information content (AvgIpc) is 3.12. The second-order valence-electron chi connectivity index (χ2n) is 7.40. The van der Waals surface area contributed by atoms with Gasteiger partial charge in [0.1, 0.15) is 12.2 Å². The van der Waals surface area contributed by atoms with Crippen LogP contribution in [0.25, 0.3) is 5.70 Å². The Hall–Kier alpha value is -2.92. The number of hydrogen-bond donors (Lipinski definition) is 2. The van der Waals surface area contributed by atoms with Gasteiger partial charge in [-0.15, -0.1) is 0 Å². The van der Waals surface area contributed by atoms with Crippen LogP contribution in [0, 0.1) is 29.1 Å². The Labute approximate surface area is 158 Å². The van der Waals surface area contributed by atoms with E-state index in [1.165, 1.54) is 5.01 Å². The molecule has 1 aromatic heterocycles. The predicted molar refractivity (Wildman–Crippen MR) is 103 cm³/mol. The number of hydrogen-bond acceptors (Lipinski definition) is 6. The topological polar surface area (TPSA) is 114 Å². The molecule has 0 bridgehead atoms. The summed E-state index contributed by atoms with van der Waals surface area (Å²) in [6.45, 7) is 4.93. The molecule has 8 heteroatoms. The summed E-state index contributed by atoms with van der Waals surface area (Å²) >= 11 is 0. The maximum absolute atomic E-state index is 12.6. The van der Waals surface area contributed by atoms with Gasteiger partial charge in [0.25, 0.3) is 0 Å². The van der Waals surface area contributed by atoms with Gasteiger partial charge in [0.05, 0.1) is 23.4 Å². The number of hydrazine groups is 1. The van der Waals surface area contributed by atoms with Crippen LogP contribution in [0.4, 0.5) is 5.82 Å². The van der Waals surface area contributed by atoms with E-state index < -0.39 is 0 Å². The van der Waals surface area contributed by atoms with Gasteiger partial charge in [-0.1, -0.05) is 0 Å². The van der Waals surface area contributed by atoms with E-state index in [9.17, 15) is 4.79 Å². The summed E-state index contributed by atoms with van der Waals surface area (Å²) in [5.41, 5.74) is 2.61. The lowest BCUT2D eigenvalue weighted by Gasteiger charge is -2.39. The highest BCUT2D eigenvalue weighted by Gasteiger charge is 2.37. The largest absolute Gasteiger partial charge is 0.346 e. The van der Waals surface area contributed by atoms with Crippen molar-refractivity contribution in [2.75, 3.05) is 13.1 Å². The summed E-state index contributed by atoms with van der Waals surface area (Å²) < 4.78 is 0. The number of nitriles is 1. The fraction of sp³-hybridized carbons (Fsp3) is 0.474. The highest BCUT2D eigenvalue weighted by molar-refractivity contribution is 5.87. The van der Waals surface area contributed by atoms with Crippen molar-refractivity contribution in [2.24, 2.45) is 33.6 Å². The quantitative estimate of drug-likeness (QED) is 0.630. The second-order valence-corrected chi connectivity index (χ2v) is 7.40. The van der Waals surface area contributed by atoms with Crippen LogP contribution < -0.4 is 5.84 Å². The Kier molecular flexibility index (Phi) is 4.54. The van der Waals surface area contributed by atoms with Crippen molar-refractivity contribution >= 4 is 30.5 Å². The number of rotatable bonds is 3. The van der Waals surface area contributed by atoms with Crippen molar-refractivity contribution in [1.29, 1.82) is 5.26 Å². The molecular formula is C19H23N7O. The lowest BCUT2D eigenvalue weighted by Crippen LogP contribution is -2.51.